The van der Waals surface area contributed by atoms with Gasteiger partial charge in [0.25, 0.3) is 0 Å². The molecule has 0 unspecified atom stereocenters. The van der Waals surface area contributed by atoms with Gasteiger partial charge in [-0.15, -0.1) is 0 Å². The van der Waals surface area contributed by atoms with Crippen LogP contribution in [0.4, 0.5) is 5.69 Å². The Morgan fingerprint density at radius 1 is 1.00 bits per heavy atom. The van der Waals surface area contributed by atoms with Crippen LogP contribution >= 0.6 is 0 Å². The van der Waals surface area contributed by atoms with Gasteiger partial charge in [-0.05, 0) is 59.0 Å². The molecule has 34 heavy (non-hydrogen) atoms. The zero-order chi connectivity index (χ0) is 23.2. The second-order valence-corrected chi connectivity index (χ2v) is 9.02. The van der Waals surface area contributed by atoms with E-state index < -0.39 is 0 Å². The summed E-state index contributed by atoms with van der Waals surface area (Å²) < 4.78 is 5.47. The molecule has 170 valence electrons. The molecule has 3 aromatic carbocycles. The van der Waals surface area contributed by atoms with E-state index in [4.69, 9.17) is 9.72 Å². The fourth-order valence-corrected chi connectivity index (χ4v) is 4.67. The Kier molecular flexibility index (Phi) is 4.87. The first kappa shape index (κ1) is 20.5. The highest BCUT2D eigenvalue weighted by molar-refractivity contribution is 5.97. The molecule has 3 heterocycles. The van der Waals surface area contributed by atoms with Crippen LogP contribution in [0.25, 0.3) is 50.2 Å². The number of para-hydroxylation sites is 1. The lowest BCUT2D eigenvalue weighted by molar-refractivity contribution is 0.281. The first-order chi connectivity index (χ1) is 16.6. The third-order valence-electron chi connectivity index (χ3n) is 6.60. The van der Waals surface area contributed by atoms with Gasteiger partial charge in [0, 0.05) is 37.2 Å². The van der Waals surface area contributed by atoms with Crippen LogP contribution in [0.1, 0.15) is 24.5 Å². The summed E-state index contributed by atoms with van der Waals surface area (Å²) in [7, 11) is 4.17. The summed E-state index contributed by atoms with van der Waals surface area (Å²) >= 11 is 0. The van der Waals surface area contributed by atoms with Gasteiger partial charge in [0.05, 0.1) is 29.4 Å². The Hall–Kier alpha value is -4.06. The van der Waals surface area contributed by atoms with E-state index in [1.807, 2.05) is 6.26 Å². The minimum atomic E-state index is 0.727. The number of nitrogens with zero attached hydrogens (tertiary/aromatic N) is 3. The predicted octanol–water partition coefficient (Wildman–Crippen LogP) is 6.16. The van der Waals surface area contributed by atoms with Gasteiger partial charge in [-0.1, -0.05) is 31.2 Å². The van der Waals surface area contributed by atoms with Gasteiger partial charge in [-0.2, -0.15) is 5.10 Å². The smallest absolute Gasteiger partial charge is 0.159 e. The lowest BCUT2D eigenvalue weighted by Crippen LogP contribution is -2.09. The molecule has 0 aliphatic carbocycles. The summed E-state index contributed by atoms with van der Waals surface area (Å²) in [6.07, 6.45) is 3.75. The number of aromatic nitrogens is 4. The first-order valence-corrected chi connectivity index (χ1v) is 11.7. The highest BCUT2D eigenvalue weighted by Crippen LogP contribution is 2.34. The van der Waals surface area contributed by atoms with Crippen LogP contribution in [0.2, 0.25) is 0 Å². The Bertz CT molecular complexity index is 1560. The number of H-pyrrole nitrogens is 2. The summed E-state index contributed by atoms with van der Waals surface area (Å²) in [5.41, 5.74) is 11.0. The standard InChI is InChI=1S/C28H27N5O/c1-4-17-12-20(14-21(13-17)33(2)3)18-8-9-24-23(15-18)27(32-31-24)28-29-25-7-5-6-22(26(25)30-28)19-10-11-34-16-19/h5-9,12-16H,4,10-11H2,1-3H3,(H,29,30)(H,31,32). The number of aryl methyl sites for hydroxylation is 1. The van der Waals surface area contributed by atoms with Crippen molar-refractivity contribution < 1.29 is 4.74 Å². The summed E-state index contributed by atoms with van der Waals surface area (Å²) in [6, 6.07) is 19.5. The average molecular weight is 450 g/mol. The van der Waals surface area contributed by atoms with Gasteiger partial charge in [0.15, 0.2) is 5.82 Å². The van der Waals surface area contributed by atoms with E-state index in [0.717, 1.165) is 58.5 Å². The number of benzene rings is 3. The number of aromatic amines is 2. The molecule has 0 bridgehead atoms. The van der Waals surface area contributed by atoms with Crippen molar-refractivity contribution in [3.63, 3.8) is 0 Å². The largest absolute Gasteiger partial charge is 0.501 e. The fourth-order valence-electron chi connectivity index (χ4n) is 4.67. The Balaban J connectivity index is 1.48. The summed E-state index contributed by atoms with van der Waals surface area (Å²) in [4.78, 5) is 10.6. The van der Waals surface area contributed by atoms with E-state index in [1.165, 1.54) is 28.0 Å². The van der Waals surface area contributed by atoms with Crippen LogP contribution in [0.3, 0.4) is 0 Å². The minimum Gasteiger partial charge on any atom is -0.501 e. The zero-order valence-corrected chi connectivity index (χ0v) is 19.6. The van der Waals surface area contributed by atoms with E-state index >= 15 is 0 Å². The quantitative estimate of drug-likeness (QED) is 0.337. The van der Waals surface area contributed by atoms with E-state index in [2.05, 4.69) is 95.7 Å². The third-order valence-corrected chi connectivity index (χ3v) is 6.60. The molecule has 0 saturated carbocycles. The van der Waals surface area contributed by atoms with E-state index in [9.17, 15) is 0 Å². The molecule has 0 radical (unpaired) electrons. The molecule has 1 aliphatic rings. The van der Waals surface area contributed by atoms with Crippen molar-refractivity contribution >= 4 is 33.2 Å². The molecular weight excluding hydrogens is 422 g/mol. The number of imidazole rings is 1. The van der Waals surface area contributed by atoms with Crippen molar-refractivity contribution in [2.75, 3.05) is 25.6 Å². The molecule has 6 heteroatoms. The second-order valence-electron chi connectivity index (χ2n) is 9.02. The second kappa shape index (κ2) is 8.06. The highest BCUT2D eigenvalue weighted by atomic mass is 16.5. The Labute approximate surface area is 198 Å². The third kappa shape index (κ3) is 3.43. The number of fused-ring (bicyclic) bond motifs is 2. The maximum Gasteiger partial charge on any atom is 0.159 e. The minimum absolute atomic E-state index is 0.727. The Morgan fingerprint density at radius 3 is 2.71 bits per heavy atom. The summed E-state index contributed by atoms with van der Waals surface area (Å²) in [5, 5.41) is 8.87. The van der Waals surface area contributed by atoms with Crippen LogP contribution in [0.5, 0.6) is 0 Å². The van der Waals surface area contributed by atoms with Crippen LogP contribution in [0.15, 0.2) is 60.9 Å². The first-order valence-electron chi connectivity index (χ1n) is 11.7. The SMILES string of the molecule is CCc1cc(-c2ccc3[nH]nc(-c4nc5c(C6=COCC6)cccc5[nH]4)c3c2)cc(N(C)C)c1. The fraction of sp³-hybridized carbons (Fsp3) is 0.214. The van der Waals surface area contributed by atoms with Gasteiger partial charge in [0.2, 0.25) is 0 Å². The molecular formula is C28H27N5O. The van der Waals surface area contributed by atoms with Gasteiger partial charge < -0.3 is 14.6 Å². The van der Waals surface area contributed by atoms with Gasteiger partial charge in [-0.25, -0.2) is 4.98 Å². The number of rotatable bonds is 5. The molecule has 0 atom stereocenters. The Morgan fingerprint density at radius 2 is 1.91 bits per heavy atom. The van der Waals surface area contributed by atoms with Crippen molar-refractivity contribution in [2.45, 2.75) is 19.8 Å². The number of anilines is 1. The molecule has 0 spiro atoms. The topological polar surface area (TPSA) is 69.8 Å². The average Bonchev–Trinajstić information content (AvgIpc) is 3.62. The molecule has 6 nitrogen and oxygen atoms in total. The van der Waals surface area contributed by atoms with E-state index in [-0.39, 0.29) is 0 Å². The molecule has 0 fully saturated rings. The predicted molar refractivity (Wildman–Crippen MR) is 139 cm³/mol. The van der Waals surface area contributed by atoms with Crippen molar-refractivity contribution in [3.05, 3.63) is 72.0 Å². The summed E-state index contributed by atoms with van der Waals surface area (Å²) in [5.74, 6) is 0.765. The zero-order valence-electron chi connectivity index (χ0n) is 19.6. The van der Waals surface area contributed by atoms with Crippen molar-refractivity contribution in [2.24, 2.45) is 0 Å². The van der Waals surface area contributed by atoms with Gasteiger partial charge in [0.1, 0.15) is 5.69 Å². The molecule has 2 aromatic heterocycles. The van der Waals surface area contributed by atoms with Crippen LogP contribution < -0.4 is 4.90 Å². The van der Waals surface area contributed by atoms with Gasteiger partial charge in [-0.3, -0.25) is 5.10 Å². The molecule has 1 aliphatic heterocycles. The van der Waals surface area contributed by atoms with E-state index in [1.54, 1.807) is 0 Å². The van der Waals surface area contributed by atoms with Crippen LogP contribution in [0, 0.1) is 0 Å². The number of ether oxygens (including phenoxy) is 1. The van der Waals surface area contributed by atoms with Gasteiger partial charge >= 0.3 is 0 Å². The van der Waals surface area contributed by atoms with Crippen LogP contribution in [-0.4, -0.2) is 40.9 Å². The van der Waals surface area contributed by atoms with Crippen LogP contribution in [-0.2, 0) is 11.2 Å². The highest BCUT2D eigenvalue weighted by Gasteiger charge is 2.18. The number of nitrogens with one attached hydrogen (secondary N) is 2. The number of hydrogen-bond acceptors (Lipinski definition) is 4. The molecule has 6 rings (SSSR count). The molecule has 5 aromatic rings. The molecule has 2 N–H and O–H groups in total. The maximum absolute atomic E-state index is 5.47. The van der Waals surface area contributed by atoms with Crippen molar-refractivity contribution in [1.82, 2.24) is 20.2 Å². The van der Waals surface area contributed by atoms with E-state index in [0.29, 0.717) is 0 Å². The van der Waals surface area contributed by atoms with Crippen molar-refractivity contribution in [1.29, 1.82) is 0 Å². The molecule has 0 amide bonds. The summed E-state index contributed by atoms with van der Waals surface area (Å²) in [6.45, 7) is 2.92. The molecule has 0 saturated heterocycles. The normalized spacial score (nSPS) is 13.4. The maximum atomic E-state index is 5.47. The lowest BCUT2D eigenvalue weighted by Gasteiger charge is -2.16. The monoisotopic (exact) mass is 449 g/mol. The van der Waals surface area contributed by atoms with Crippen molar-refractivity contribution in [3.8, 4) is 22.6 Å². The lowest BCUT2D eigenvalue weighted by atomic mass is 9.99. The number of hydrogen-bond donors (Lipinski definition) is 2.